The third kappa shape index (κ3) is 4.85. The lowest BCUT2D eigenvalue weighted by molar-refractivity contribution is 0.767. The fourth-order valence-corrected chi connectivity index (χ4v) is 8.78. The number of benzene rings is 7. The first-order chi connectivity index (χ1) is 27.3. The second-order valence-corrected chi connectivity index (χ2v) is 14.2. The van der Waals surface area contributed by atoms with Crippen molar-refractivity contribution in [2.45, 2.75) is 5.41 Å². The summed E-state index contributed by atoms with van der Waals surface area (Å²) in [6.45, 7) is 0. The van der Waals surface area contributed by atoms with Crippen LogP contribution in [0.2, 0.25) is 0 Å². The molecule has 2 aromatic heterocycles. The second-order valence-electron chi connectivity index (χ2n) is 14.2. The molecule has 4 heteroatoms. The summed E-state index contributed by atoms with van der Waals surface area (Å²) in [5, 5.41) is 2.51. The lowest BCUT2D eigenvalue weighted by Gasteiger charge is -2.35. The molecule has 7 aromatic carbocycles. The van der Waals surface area contributed by atoms with E-state index >= 15 is 0 Å². The average molecular weight is 701 g/mol. The topological polar surface area (TPSA) is 51.6 Å². The SMILES string of the molecule is C1=Cc2ccc(-c3cc(-c4ccccc4)nc(-c4cnc(-c5ccccc5)nc4)n3)cc2C2(c3ccccc31)c1ccccc1-c1c2ccc2ccccc12. The van der Waals surface area contributed by atoms with Crippen LogP contribution < -0.4 is 0 Å². The highest BCUT2D eigenvalue weighted by molar-refractivity contribution is 6.05. The van der Waals surface area contributed by atoms with E-state index in [1.165, 1.54) is 55.3 Å². The van der Waals surface area contributed by atoms with Gasteiger partial charge in [0.05, 0.1) is 22.4 Å². The van der Waals surface area contributed by atoms with Crippen molar-refractivity contribution in [3.8, 4) is 56.4 Å². The van der Waals surface area contributed by atoms with E-state index < -0.39 is 5.41 Å². The molecule has 0 fully saturated rings. The van der Waals surface area contributed by atoms with Crippen molar-refractivity contribution in [2.75, 3.05) is 0 Å². The monoisotopic (exact) mass is 700 g/mol. The average Bonchev–Trinajstić information content (AvgIpc) is 3.48. The first kappa shape index (κ1) is 31.2. The predicted octanol–water partition coefficient (Wildman–Crippen LogP) is 11.9. The molecular weight excluding hydrogens is 669 g/mol. The minimum absolute atomic E-state index is 0.569. The Hall–Kier alpha value is -7.30. The molecule has 0 amide bonds. The molecule has 2 heterocycles. The molecule has 1 atom stereocenters. The zero-order valence-electron chi connectivity index (χ0n) is 29.8. The minimum Gasteiger partial charge on any atom is -0.236 e. The Labute approximate surface area is 319 Å². The quantitative estimate of drug-likeness (QED) is 0.183. The van der Waals surface area contributed by atoms with Crippen molar-refractivity contribution in [1.82, 2.24) is 19.9 Å². The van der Waals surface area contributed by atoms with E-state index in [-0.39, 0.29) is 0 Å². The van der Waals surface area contributed by atoms with Gasteiger partial charge in [-0.1, -0.05) is 170 Å². The van der Waals surface area contributed by atoms with Crippen molar-refractivity contribution < 1.29 is 0 Å². The minimum atomic E-state index is -0.569. The highest BCUT2D eigenvalue weighted by Gasteiger charge is 2.49. The highest BCUT2D eigenvalue weighted by Crippen LogP contribution is 2.60. The maximum atomic E-state index is 5.25. The summed E-state index contributed by atoms with van der Waals surface area (Å²) in [5.41, 5.74) is 14.9. The molecule has 0 radical (unpaired) electrons. The van der Waals surface area contributed by atoms with Gasteiger partial charge in [0.15, 0.2) is 11.6 Å². The molecule has 0 saturated carbocycles. The van der Waals surface area contributed by atoms with Crippen LogP contribution in [0.4, 0.5) is 0 Å². The number of fused-ring (bicyclic) bond motifs is 11. The van der Waals surface area contributed by atoms with E-state index in [0.29, 0.717) is 11.6 Å². The van der Waals surface area contributed by atoms with Crippen LogP contribution >= 0.6 is 0 Å². The van der Waals surface area contributed by atoms with Crippen LogP contribution in [0.3, 0.4) is 0 Å². The van der Waals surface area contributed by atoms with Crippen molar-refractivity contribution in [3.05, 3.63) is 216 Å². The first-order valence-corrected chi connectivity index (χ1v) is 18.6. The summed E-state index contributed by atoms with van der Waals surface area (Å²) < 4.78 is 0. The van der Waals surface area contributed by atoms with Gasteiger partial charge in [-0.3, -0.25) is 0 Å². The molecule has 0 bridgehead atoms. The Bertz CT molecular complexity index is 2970. The summed E-state index contributed by atoms with van der Waals surface area (Å²) in [5.74, 6) is 1.24. The van der Waals surface area contributed by atoms with Crippen molar-refractivity contribution in [1.29, 1.82) is 0 Å². The third-order valence-electron chi connectivity index (χ3n) is 11.2. The zero-order chi connectivity index (χ0) is 36.3. The molecule has 1 spiro atoms. The number of hydrogen-bond donors (Lipinski definition) is 0. The smallest absolute Gasteiger partial charge is 0.163 e. The van der Waals surface area contributed by atoms with Crippen LogP contribution in [0, 0.1) is 0 Å². The molecule has 9 aromatic rings. The Morgan fingerprint density at radius 2 is 1.02 bits per heavy atom. The van der Waals surface area contributed by atoms with Crippen molar-refractivity contribution >= 4 is 22.9 Å². The van der Waals surface area contributed by atoms with E-state index in [0.717, 1.165) is 33.6 Å². The molecule has 4 nitrogen and oxygen atoms in total. The maximum Gasteiger partial charge on any atom is 0.163 e. The molecule has 0 aliphatic heterocycles. The molecular formula is C51H32N4. The number of aromatic nitrogens is 4. The fraction of sp³-hybridized carbons (Fsp3) is 0.0196. The molecule has 256 valence electrons. The van der Waals surface area contributed by atoms with Gasteiger partial charge >= 0.3 is 0 Å². The molecule has 55 heavy (non-hydrogen) atoms. The van der Waals surface area contributed by atoms with Gasteiger partial charge in [-0.25, -0.2) is 19.9 Å². The highest BCUT2D eigenvalue weighted by atomic mass is 14.9. The summed E-state index contributed by atoms with van der Waals surface area (Å²) in [4.78, 5) is 19.8. The van der Waals surface area contributed by atoms with Crippen LogP contribution in [0.5, 0.6) is 0 Å². The first-order valence-electron chi connectivity index (χ1n) is 18.6. The van der Waals surface area contributed by atoms with E-state index in [1.54, 1.807) is 0 Å². The maximum absolute atomic E-state index is 5.25. The molecule has 0 N–H and O–H groups in total. The van der Waals surface area contributed by atoms with E-state index in [9.17, 15) is 0 Å². The molecule has 2 aliphatic rings. The van der Waals surface area contributed by atoms with Gasteiger partial charge in [0.25, 0.3) is 0 Å². The van der Waals surface area contributed by atoms with Crippen LogP contribution in [-0.2, 0) is 5.41 Å². The number of nitrogens with zero attached hydrogens (tertiary/aromatic N) is 4. The second kappa shape index (κ2) is 12.4. The molecule has 2 aliphatic carbocycles. The van der Waals surface area contributed by atoms with Crippen LogP contribution in [0.1, 0.15) is 33.4 Å². The largest absolute Gasteiger partial charge is 0.236 e. The molecule has 0 saturated heterocycles. The lowest BCUT2D eigenvalue weighted by atomic mass is 9.65. The van der Waals surface area contributed by atoms with Crippen LogP contribution in [-0.4, -0.2) is 19.9 Å². The van der Waals surface area contributed by atoms with E-state index in [4.69, 9.17) is 19.9 Å². The summed E-state index contributed by atoms with van der Waals surface area (Å²) >= 11 is 0. The van der Waals surface area contributed by atoms with Gasteiger partial charge in [-0.05, 0) is 67.4 Å². The van der Waals surface area contributed by atoms with E-state index in [2.05, 4.69) is 133 Å². The summed E-state index contributed by atoms with van der Waals surface area (Å²) in [6, 6.07) is 60.6. The summed E-state index contributed by atoms with van der Waals surface area (Å²) in [6.07, 6.45) is 8.21. The van der Waals surface area contributed by atoms with Crippen LogP contribution in [0.15, 0.2) is 182 Å². The normalized spacial score (nSPS) is 14.9. The van der Waals surface area contributed by atoms with Gasteiger partial charge in [0.1, 0.15) is 0 Å². The molecule has 11 rings (SSSR count). The van der Waals surface area contributed by atoms with Crippen LogP contribution in [0.25, 0.3) is 79.3 Å². The van der Waals surface area contributed by atoms with Crippen molar-refractivity contribution in [3.63, 3.8) is 0 Å². The predicted molar refractivity (Wildman–Crippen MR) is 223 cm³/mol. The Morgan fingerprint density at radius 1 is 0.382 bits per heavy atom. The standard InChI is InChI=1S/C51H32N4/c1-3-15-36(16-4-1)46-30-47(55-50(54-46)39-31-52-49(53-32-39)37-17-5-2-6-18-37)38-26-25-35-24-23-34-14-8-11-21-42(34)51(45(35)29-38)43-22-12-10-20-41(43)48-40-19-9-7-13-33(40)27-28-44(48)51/h1-32H. The van der Waals surface area contributed by atoms with Gasteiger partial charge in [-0.15, -0.1) is 0 Å². The zero-order valence-corrected chi connectivity index (χ0v) is 29.8. The van der Waals surface area contributed by atoms with Gasteiger partial charge in [0.2, 0.25) is 0 Å². The lowest BCUT2D eigenvalue weighted by Crippen LogP contribution is -2.30. The Morgan fingerprint density at radius 3 is 1.82 bits per heavy atom. The number of hydrogen-bond acceptors (Lipinski definition) is 4. The third-order valence-corrected chi connectivity index (χ3v) is 11.2. The fourth-order valence-electron chi connectivity index (χ4n) is 8.78. The molecule has 1 unspecified atom stereocenters. The van der Waals surface area contributed by atoms with Gasteiger partial charge < -0.3 is 0 Å². The van der Waals surface area contributed by atoms with E-state index in [1.807, 2.05) is 60.9 Å². The summed E-state index contributed by atoms with van der Waals surface area (Å²) in [7, 11) is 0. The van der Waals surface area contributed by atoms with Crippen molar-refractivity contribution in [2.24, 2.45) is 0 Å². The van der Waals surface area contributed by atoms with Gasteiger partial charge in [0, 0.05) is 29.1 Å². The Kier molecular flexibility index (Phi) is 7.04. The van der Waals surface area contributed by atoms with Gasteiger partial charge in [-0.2, -0.15) is 0 Å². The Balaban J connectivity index is 1.16. The number of rotatable bonds is 4.